The van der Waals surface area contributed by atoms with Gasteiger partial charge in [0.25, 0.3) is 0 Å². The minimum atomic E-state index is 0.273. The summed E-state index contributed by atoms with van der Waals surface area (Å²) in [4.78, 5) is 11.9. The first kappa shape index (κ1) is 16.4. The van der Waals surface area contributed by atoms with Gasteiger partial charge in [-0.3, -0.25) is 4.79 Å². The molecule has 0 aliphatic carbocycles. The van der Waals surface area contributed by atoms with Crippen LogP contribution in [0.15, 0.2) is 53.1 Å². The van der Waals surface area contributed by atoms with Gasteiger partial charge in [0, 0.05) is 6.42 Å². The quantitative estimate of drug-likeness (QED) is 0.487. The standard InChI is InChI=1S/C19H26O/c1-5-19(20)16(4)18(13-11-15(2)3)14-12-17-9-7-6-8-10-17/h6-11H,5,12-14H2,1-4H3/b18-16+. The SMILES string of the molecule is CCC(=O)/C(C)=C(\CC=C(C)C)CCc1ccccc1. The van der Waals surface area contributed by atoms with Crippen molar-refractivity contribution in [2.75, 3.05) is 0 Å². The summed E-state index contributed by atoms with van der Waals surface area (Å²) < 4.78 is 0. The van der Waals surface area contributed by atoms with Crippen molar-refractivity contribution < 1.29 is 4.79 Å². The minimum Gasteiger partial charge on any atom is -0.295 e. The fourth-order valence-electron chi connectivity index (χ4n) is 2.17. The van der Waals surface area contributed by atoms with Gasteiger partial charge in [-0.1, -0.05) is 54.5 Å². The van der Waals surface area contributed by atoms with Crippen LogP contribution >= 0.6 is 0 Å². The van der Waals surface area contributed by atoms with Crippen molar-refractivity contribution in [3.8, 4) is 0 Å². The summed E-state index contributed by atoms with van der Waals surface area (Å²) >= 11 is 0. The molecule has 0 fully saturated rings. The van der Waals surface area contributed by atoms with Crippen molar-refractivity contribution in [1.29, 1.82) is 0 Å². The number of carbonyl (C=O) groups excluding carboxylic acids is 1. The first-order valence-corrected chi connectivity index (χ1v) is 7.43. The van der Waals surface area contributed by atoms with Gasteiger partial charge < -0.3 is 0 Å². The summed E-state index contributed by atoms with van der Waals surface area (Å²) in [7, 11) is 0. The largest absolute Gasteiger partial charge is 0.295 e. The van der Waals surface area contributed by atoms with E-state index in [1.165, 1.54) is 16.7 Å². The highest BCUT2D eigenvalue weighted by Gasteiger charge is 2.08. The van der Waals surface area contributed by atoms with E-state index in [4.69, 9.17) is 0 Å². The summed E-state index contributed by atoms with van der Waals surface area (Å²) in [6.07, 6.45) is 5.67. The van der Waals surface area contributed by atoms with Gasteiger partial charge in [0.15, 0.2) is 5.78 Å². The number of benzene rings is 1. The Kier molecular flexibility index (Phi) is 7.00. The van der Waals surface area contributed by atoms with Crippen LogP contribution in [0.25, 0.3) is 0 Å². The van der Waals surface area contributed by atoms with Crippen molar-refractivity contribution in [1.82, 2.24) is 0 Å². The van der Waals surface area contributed by atoms with Crippen molar-refractivity contribution in [2.24, 2.45) is 0 Å². The number of rotatable bonds is 7. The molecule has 1 rings (SSSR count). The van der Waals surface area contributed by atoms with Crippen molar-refractivity contribution >= 4 is 5.78 Å². The van der Waals surface area contributed by atoms with Crippen LogP contribution in [-0.4, -0.2) is 5.78 Å². The Bertz CT molecular complexity index is 488. The van der Waals surface area contributed by atoms with Crippen LogP contribution in [0.3, 0.4) is 0 Å². The molecule has 1 heteroatoms. The van der Waals surface area contributed by atoms with E-state index < -0.39 is 0 Å². The maximum Gasteiger partial charge on any atom is 0.158 e. The molecular formula is C19H26O. The van der Waals surface area contributed by atoms with Crippen LogP contribution in [-0.2, 0) is 11.2 Å². The average Bonchev–Trinajstić information content (AvgIpc) is 2.46. The van der Waals surface area contributed by atoms with E-state index in [2.05, 4.69) is 44.2 Å². The summed E-state index contributed by atoms with van der Waals surface area (Å²) in [5.74, 6) is 0.273. The normalized spacial score (nSPS) is 11.8. The molecule has 0 aliphatic rings. The third-order valence-electron chi connectivity index (χ3n) is 3.58. The maximum absolute atomic E-state index is 11.9. The molecule has 0 heterocycles. The molecule has 0 atom stereocenters. The molecule has 108 valence electrons. The Morgan fingerprint density at radius 2 is 1.75 bits per heavy atom. The van der Waals surface area contributed by atoms with Crippen LogP contribution in [0, 0.1) is 0 Å². The molecule has 0 bridgehead atoms. The number of hydrogen-bond acceptors (Lipinski definition) is 1. The first-order valence-electron chi connectivity index (χ1n) is 7.43. The molecule has 20 heavy (non-hydrogen) atoms. The highest BCUT2D eigenvalue weighted by Crippen LogP contribution is 2.19. The van der Waals surface area contributed by atoms with E-state index in [1.54, 1.807) is 0 Å². The van der Waals surface area contributed by atoms with Gasteiger partial charge in [0.1, 0.15) is 0 Å². The number of hydrogen-bond donors (Lipinski definition) is 0. The summed E-state index contributed by atoms with van der Waals surface area (Å²) in [5, 5.41) is 0. The molecule has 0 aromatic heterocycles. The zero-order chi connectivity index (χ0) is 15.0. The molecule has 0 amide bonds. The second-order valence-electron chi connectivity index (χ2n) is 5.48. The van der Waals surface area contributed by atoms with Gasteiger partial charge in [-0.15, -0.1) is 0 Å². The molecular weight excluding hydrogens is 244 g/mol. The highest BCUT2D eigenvalue weighted by molar-refractivity contribution is 5.95. The van der Waals surface area contributed by atoms with Gasteiger partial charge in [-0.05, 0) is 51.2 Å². The van der Waals surface area contributed by atoms with Crippen LogP contribution in [0.1, 0.15) is 52.5 Å². The highest BCUT2D eigenvalue weighted by atomic mass is 16.1. The lowest BCUT2D eigenvalue weighted by Crippen LogP contribution is -2.02. The number of aryl methyl sites for hydroxylation is 1. The van der Waals surface area contributed by atoms with E-state index in [9.17, 15) is 4.79 Å². The molecule has 0 N–H and O–H groups in total. The Morgan fingerprint density at radius 3 is 2.30 bits per heavy atom. The second-order valence-corrected chi connectivity index (χ2v) is 5.48. The summed E-state index contributed by atoms with van der Waals surface area (Å²) in [6.45, 7) is 8.12. The Morgan fingerprint density at radius 1 is 1.10 bits per heavy atom. The predicted octanol–water partition coefficient (Wildman–Crippen LogP) is 5.27. The van der Waals surface area contributed by atoms with E-state index in [0.717, 1.165) is 24.8 Å². The number of ketones is 1. The molecule has 1 nitrogen and oxygen atoms in total. The number of carbonyl (C=O) groups is 1. The third kappa shape index (κ3) is 5.56. The zero-order valence-corrected chi connectivity index (χ0v) is 13.2. The lowest BCUT2D eigenvalue weighted by Gasteiger charge is -2.10. The number of Topliss-reactive ketones (excluding diaryl/α,β-unsaturated/α-hetero) is 1. The molecule has 0 aliphatic heterocycles. The topological polar surface area (TPSA) is 17.1 Å². The van der Waals surface area contributed by atoms with Crippen LogP contribution in [0.4, 0.5) is 0 Å². The van der Waals surface area contributed by atoms with Crippen LogP contribution < -0.4 is 0 Å². The Hall–Kier alpha value is -1.63. The monoisotopic (exact) mass is 270 g/mol. The van der Waals surface area contributed by atoms with Crippen molar-refractivity contribution in [3.63, 3.8) is 0 Å². The van der Waals surface area contributed by atoms with Gasteiger partial charge in [-0.2, -0.15) is 0 Å². The predicted molar refractivity (Wildman–Crippen MR) is 86.8 cm³/mol. The van der Waals surface area contributed by atoms with Crippen molar-refractivity contribution in [3.05, 3.63) is 58.7 Å². The third-order valence-corrected chi connectivity index (χ3v) is 3.58. The molecule has 0 radical (unpaired) electrons. The molecule has 0 spiro atoms. The number of allylic oxidation sites excluding steroid dienone is 4. The van der Waals surface area contributed by atoms with Crippen molar-refractivity contribution in [2.45, 2.75) is 53.4 Å². The van der Waals surface area contributed by atoms with E-state index in [-0.39, 0.29) is 5.78 Å². The first-order chi connectivity index (χ1) is 9.54. The second kappa shape index (κ2) is 8.52. The maximum atomic E-state index is 11.9. The molecule has 0 saturated heterocycles. The molecule has 0 unspecified atom stereocenters. The fraction of sp³-hybridized carbons (Fsp3) is 0.421. The van der Waals surface area contributed by atoms with Crippen LogP contribution in [0.2, 0.25) is 0 Å². The lowest BCUT2D eigenvalue weighted by atomic mass is 9.94. The van der Waals surface area contributed by atoms with Gasteiger partial charge in [0.05, 0.1) is 0 Å². The lowest BCUT2D eigenvalue weighted by molar-refractivity contribution is -0.115. The van der Waals surface area contributed by atoms with Crippen LogP contribution in [0.5, 0.6) is 0 Å². The van der Waals surface area contributed by atoms with Gasteiger partial charge in [-0.25, -0.2) is 0 Å². The fourth-order valence-corrected chi connectivity index (χ4v) is 2.17. The summed E-state index contributed by atoms with van der Waals surface area (Å²) in [5.41, 5.74) is 4.88. The molecule has 1 aromatic carbocycles. The van der Waals surface area contributed by atoms with E-state index in [0.29, 0.717) is 6.42 Å². The molecule has 0 saturated carbocycles. The van der Waals surface area contributed by atoms with Gasteiger partial charge >= 0.3 is 0 Å². The average molecular weight is 270 g/mol. The van der Waals surface area contributed by atoms with E-state index in [1.807, 2.05) is 19.9 Å². The van der Waals surface area contributed by atoms with Gasteiger partial charge in [0.2, 0.25) is 0 Å². The summed E-state index contributed by atoms with van der Waals surface area (Å²) in [6, 6.07) is 10.5. The zero-order valence-electron chi connectivity index (χ0n) is 13.2. The minimum absolute atomic E-state index is 0.273. The Balaban J connectivity index is 2.83. The Labute approximate surface area is 123 Å². The smallest absolute Gasteiger partial charge is 0.158 e. The van der Waals surface area contributed by atoms with E-state index >= 15 is 0 Å². The molecule has 1 aromatic rings.